The van der Waals surface area contributed by atoms with Crippen LogP contribution >= 0.6 is 23.2 Å². The van der Waals surface area contributed by atoms with Crippen molar-refractivity contribution in [2.45, 2.75) is 13.0 Å². The van der Waals surface area contributed by atoms with E-state index in [-0.39, 0.29) is 5.56 Å². The first-order valence-corrected chi connectivity index (χ1v) is 7.89. The zero-order valence-corrected chi connectivity index (χ0v) is 13.8. The van der Waals surface area contributed by atoms with Gasteiger partial charge in [0, 0.05) is 21.9 Å². The lowest BCUT2D eigenvalue weighted by atomic mass is 10.0. The standard InChI is InChI=1S/C18H14Cl2N2O/c1-2-9-22-18(23)15-6-4-3-5-14(15)17(21-22)10-12-7-8-13(19)11-16(12)20/h2-8,11H,1,9-10H2. The number of fused-ring (bicyclic) bond motifs is 1. The Hall–Kier alpha value is -2.10. The van der Waals surface area contributed by atoms with Crippen LogP contribution in [-0.2, 0) is 13.0 Å². The number of benzene rings is 2. The average molecular weight is 345 g/mol. The molecule has 0 aliphatic carbocycles. The predicted octanol–water partition coefficient (Wildman–Crippen LogP) is 4.48. The highest BCUT2D eigenvalue weighted by Crippen LogP contribution is 2.25. The Labute approximate surface area is 143 Å². The van der Waals surface area contributed by atoms with Crippen molar-refractivity contribution in [2.75, 3.05) is 0 Å². The Bertz CT molecular complexity index is 947. The van der Waals surface area contributed by atoms with Crippen LogP contribution in [-0.4, -0.2) is 9.78 Å². The van der Waals surface area contributed by atoms with E-state index < -0.39 is 0 Å². The second kappa shape index (κ2) is 6.57. The first-order chi connectivity index (χ1) is 11.1. The molecule has 0 aliphatic rings. The van der Waals surface area contributed by atoms with E-state index >= 15 is 0 Å². The Balaban J connectivity index is 2.18. The van der Waals surface area contributed by atoms with Crippen molar-refractivity contribution < 1.29 is 0 Å². The number of hydrogen-bond acceptors (Lipinski definition) is 2. The molecule has 0 radical (unpaired) electrons. The summed E-state index contributed by atoms with van der Waals surface area (Å²) in [5.41, 5.74) is 1.59. The molecule has 3 rings (SSSR count). The molecule has 0 fully saturated rings. The van der Waals surface area contributed by atoms with Gasteiger partial charge in [0.25, 0.3) is 5.56 Å². The molecule has 3 nitrogen and oxygen atoms in total. The Kier molecular flexibility index (Phi) is 4.51. The van der Waals surface area contributed by atoms with Crippen LogP contribution in [0.3, 0.4) is 0 Å². The highest BCUT2D eigenvalue weighted by Gasteiger charge is 2.12. The van der Waals surface area contributed by atoms with Gasteiger partial charge in [-0.2, -0.15) is 5.10 Å². The summed E-state index contributed by atoms with van der Waals surface area (Å²) in [4.78, 5) is 12.4. The molecule has 0 aliphatic heterocycles. The van der Waals surface area contributed by atoms with Crippen molar-refractivity contribution in [3.8, 4) is 0 Å². The maximum absolute atomic E-state index is 12.4. The van der Waals surface area contributed by atoms with Gasteiger partial charge in [-0.3, -0.25) is 4.79 Å². The van der Waals surface area contributed by atoms with Gasteiger partial charge in [0.15, 0.2) is 0 Å². The molecule has 0 saturated heterocycles. The van der Waals surface area contributed by atoms with Crippen LogP contribution in [0.25, 0.3) is 10.8 Å². The first kappa shape index (κ1) is 15.8. The Morgan fingerprint density at radius 2 is 1.87 bits per heavy atom. The molecule has 1 aromatic heterocycles. The van der Waals surface area contributed by atoms with Crippen LogP contribution in [0.1, 0.15) is 11.3 Å². The van der Waals surface area contributed by atoms with E-state index in [4.69, 9.17) is 23.2 Å². The second-order valence-corrected chi connectivity index (χ2v) is 6.02. The zero-order chi connectivity index (χ0) is 16.4. The van der Waals surface area contributed by atoms with Gasteiger partial charge in [0.05, 0.1) is 17.6 Å². The van der Waals surface area contributed by atoms with E-state index in [2.05, 4.69) is 11.7 Å². The molecular weight excluding hydrogens is 331 g/mol. The van der Waals surface area contributed by atoms with Gasteiger partial charge < -0.3 is 0 Å². The summed E-state index contributed by atoms with van der Waals surface area (Å²) in [6.07, 6.45) is 2.18. The summed E-state index contributed by atoms with van der Waals surface area (Å²) in [7, 11) is 0. The quantitative estimate of drug-likeness (QED) is 0.654. The maximum atomic E-state index is 12.4. The van der Waals surface area contributed by atoms with Crippen molar-refractivity contribution in [3.05, 3.63) is 86.8 Å². The molecule has 0 bridgehead atoms. The predicted molar refractivity (Wildman–Crippen MR) is 95.5 cm³/mol. The van der Waals surface area contributed by atoms with Gasteiger partial charge in [0.2, 0.25) is 0 Å². The van der Waals surface area contributed by atoms with E-state index in [9.17, 15) is 4.79 Å². The lowest BCUT2D eigenvalue weighted by molar-refractivity contribution is 0.645. The average Bonchev–Trinajstić information content (AvgIpc) is 2.54. The van der Waals surface area contributed by atoms with E-state index in [1.54, 1.807) is 18.2 Å². The molecule has 3 aromatic rings. The van der Waals surface area contributed by atoms with Crippen LogP contribution in [0.5, 0.6) is 0 Å². The van der Waals surface area contributed by atoms with Crippen molar-refractivity contribution >= 4 is 34.0 Å². The van der Waals surface area contributed by atoms with Gasteiger partial charge in [-0.25, -0.2) is 4.68 Å². The number of aromatic nitrogens is 2. The number of nitrogens with zero attached hydrogens (tertiary/aromatic N) is 2. The summed E-state index contributed by atoms with van der Waals surface area (Å²) < 4.78 is 1.43. The largest absolute Gasteiger partial charge is 0.274 e. The third-order valence-electron chi connectivity index (χ3n) is 3.62. The van der Waals surface area contributed by atoms with E-state index in [1.807, 2.05) is 30.3 Å². The Morgan fingerprint density at radius 3 is 2.57 bits per heavy atom. The number of halogens is 2. The SMILES string of the molecule is C=CCn1nc(Cc2ccc(Cl)cc2Cl)c2ccccc2c1=O. The van der Waals surface area contributed by atoms with Crippen LogP contribution in [0.15, 0.2) is 59.9 Å². The summed E-state index contributed by atoms with van der Waals surface area (Å²) in [5.74, 6) is 0. The summed E-state index contributed by atoms with van der Waals surface area (Å²) in [6, 6.07) is 12.8. The summed E-state index contributed by atoms with van der Waals surface area (Å²) in [6.45, 7) is 4.05. The smallest absolute Gasteiger partial charge is 0.267 e. The fourth-order valence-electron chi connectivity index (χ4n) is 2.53. The van der Waals surface area contributed by atoms with Gasteiger partial charge in [-0.15, -0.1) is 6.58 Å². The minimum Gasteiger partial charge on any atom is -0.267 e. The molecule has 0 N–H and O–H groups in total. The fourth-order valence-corrected chi connectivity index (χ4v) is 3.00. The second-order valence-electron chi connectivity index (χ2n) is 5.18. The highest BCUT2D eigenvalue weighted by molar-refractivity contribution is 6.35. The van der Waals surface area contributed by atoms with Crippen molar-refractivity contribution in [3.63, 3.8) is 0 Å². The molecule has 1 heterocycles. The number of allylic oxidation sites excluding steroid dienone is 1. The van der Waals surface area contributed by atoms with Crippen LogP contribution < -0.4 is 5.56 Å². The monoisotopic (exact) mass is 344 g/mol. The minimum absolute atomic E-state index is 0.119. The number of rotatable bonds is 4. The third kappa shape index (κ3) is 3.16. The molecule has 2 aromatic carbocycles. The molecular formula is C18H14Cl2N2O. The molecule has 23 heavy (non-hydrogen) atoms. The molecule has 0 atom stereocenters. The van der Waals surface area contributed by atoms with Crippen molar-refractivity contribution in [1.82, 2.24) is 9.78 Å². The molecule has 0 unspecified atom stereocenters. The molecule has 116 valence electrons. The summed E-state index contributed by atoms with van der Waals surface area (Å²) >= 11 is 12.2. The molecule has 0 spiro atoms. The number of hydrogen-bond donors (Lipinski definition) is 0. The van der Waals surface area contributed by atoms with Crippen LogP contribution in [0.4, 0.5) is 0 Å². The lowest BCUT2D eigenvalue weighted by Gasteiger charge is -2.11. The zero-order valence-electron chi connectivity index (χ0n) is 12.3. The maximum Gasteiger partial charge on any atom is 0.274 e. The Morgan fingerprint density at radius 1 is 1.13 bits per heavy atom. The first-order valence-electron chi connectivity index (χ1n) is 7.13. The van der Waals surface area contributed by atoms with Crippen molar-refractivity contribution in [1.29, 1.82) is 0 Å². The van der Waals surface area contributed by atoms with E-state index in [0.717, 1.165) is 16.6 Å². The molecule has 0 amide bonds. The molecule has 5 heteroatoms. The lowest BCUT2D eigenvalue weighted by Crippen LogP contribution is -2.24. The fraction of sp³-hybridized carbons (Fsp3) is 0.111. The van der Waals surface area contributed by atoms with Gasteiger partial charge in [-0.1, -0.05) is 53.5 Å². The normalized spacial score (nSPS) is 10.9. The molecule has 0 saturated carbocycles. The highest BCUT2D eigenvalue weighted by atomic mass is 35.5. The third-order valence-corrected chi connectivity index (χ3v) is 4.21. The minimum atomic E-state index is -0.119. The van der Waals surface area contributed by atoms with Crippen molar-refractivity contribution in [2.24, 2.45) is 0 Å². The topological polar surface area (TPSA) is 34.9 Å². The van der Waals surface area contributed by atoms with E-state index in [0.29, 0.717) is 28.4 Å². The van der Waals surface area contributed by atoms with Gasteiger partial charge in [0.1, 0.15) is 0 Å². The van der Waals surface area contributed by atoms with E-state index in [1.165, 1.54) is 4.68 Å². The van der Waals surface area contributed by atoms with Crippen LogP contribution in [0.2, 0.25) is 10.0 Å². The summed E-state index contributed by atoms with van der Waals surface area (Å²) in [5, 5.41) is 7.15. The van der Waals surface area contributed by atoms with Gasteiger partial charge in [-0.05, 0) is 23.8 Å². The van der Waals surface area contributed by atoms with Gasteiger partial charge >= 0.3 is 0 Å². The van der Waals surface area contributed by atoms with Crippen LogP contribution in [0, 0.1) is 0 Å².